The van der Waals surface area contributed by atoms with Gasteiger partial charge in [0.1, 0.15) is 11.9 Å². The highest BCUT2D eigenvalue weighted by atomic mass is 16.5. The van der Waals surface area contributed by atoms with Crippen molar-refractivity contribution in [1.82, 2.24) is 0 Å². The van der Waals surface area contributed by atoms with Crippen molar-refractivity contribution in [3.05, 3.63) is 29.8 Å². The second-order valence-electron chi connectivity index (χ2n) is 6.56. The fourth-order valence-electron chi connectivity index (χ4n) is 3.27. The van der Waals surface area contributed by atoms with Crippen LogP contribution in [0, 0.1) is 16.7 Å². The van der Waals surface area contributed by atoms with E-state index in [1.165, 1.54) is 0 Å². The molecule has 1 fully saturated rings. The molecule has 0 bridgehead atoms. The second-order valence-corrected chi connectivity index (χ2v) is 6.56. The number of hydrogen-bond acceptors (Lipinski definition) is 4. The molecule has 0 aliphatic heterocycles. The molecule has 0 N–H and O–H groups in total. The Morgan fingerprint density at radius 2 is 1.92 bits per heavy atom. The number of carbonyl (C=O) groups excluding carboxylic acids is 1. The van der Waals surface area contributed by atoms with Gasteiger partial charge in [-0.2, -0.15) is 5.26 Å². The zero-order valence-electron chi connectivity index (χ0n) is 14.7. The molecular weight excluding hydrogens is 302 g/mol. The van der Waals surface area contributed by atoms with E-state index in [9.17, 15) is 10.1 Å². The monoisotopic (exact) mass is 329 g/mol. The standard InChI is InChI=1S/C20H27NO3/c1-3-5-12-20(15-21)13-10-18(11-14-20)24-19(22)16-6-8-17(9-7-16)23-4-2/h6-9,18H,3-5,10-14H2,1-2H3. The van der Waals surface area contributed by atoms with Crippen molar-refractivity contribution in [3.63, 3.8) is 0 Å². The number of unbranched alkanes of at least 4 members (excludes halogenated alkanes) is 1. The Hall–Kier alpha value is -2.02. The zero-order valence-corrected chi connectivity index (χ0v) is 14.7. The van der Waals surface area contributed by atoms with E-state index in [0.29, 0.717) is 12.2 Å². The summed E-state index contributed by atoms with van der Waals surface area (Å²) >= 11 is 0. The largest absolute Gasteiger partial charge is 0.494 e. The van der Waals surface area contributed by atoms with Gasteiger partial charge in [0.15, 0.2) is 0 Å². The Labute approximate surface area is 144 Å². The Morgan fingerprint density at radius 1 is 1.25 bits per heavy atom. The lowest BCUT2D eigenvalue weighted by atomic mass is 9.71. The molecule has 0 radical (unpaired) electrons. The summed E-state index contributed by atoms with van der Waals surface area (Å²) in [5.41, 5.74) is 0.333. The molecule has 0 spiro atoms. The SMILES string of the molecule is CCCCC1(C#N)CCC(OC(=O)c2ccc(OCC)cc2)CC1. The van der Waals surface area contributed by atoms with E-state index in [0.717, 1.165) is 50.7 Å². The number of esters is 1. The number of carbonyl (C=O) groups is 1. The molecule has 0 unspecified atom stereocenters. The van der Waals surface area contributed by atoms with Gasteiger partial charge in [-0.15, -0.1) is 0 Å². The predicted molar refractivity (Wildman–Crippen MR) is 92.9 cm³/mol. The normalized spacial score (nSPS) is 23.3. The van der Waals surface area contributed by atoms with Gasteiger partial charge >= 0.3 is 5.97 Å². The first-order chi connectivity index (χ1) is 11.6. The highest BCUT2D eigenvalue weighted by molar-refractivity contribution is 5.89. The van der Waals surface area contributed by atoms with Crippen LogP contribution in [-0.4, -0.2) is 18.7 Å². The van der Waals surface area contributed by atoms with Crippen molar-refractivity contribution < 1.29 is 14.3 Å². The topological polar surface area (TPSA) is 59.3 Å². The van der Waals surface area contributed by atoms with Crippen LogP contribution in [0.1, 0.15) is 69.2 Å². The highest BCUT2D eigenvalue weighted by Gasteiger charge is 2.36. The molecule has 1 aliphatic carbocycles. The molecule has 4 nitrogen and oxygen atoms in total. The third-order valence-electron chi connectivity index (χ3n) is 4.81. The molecular formula is C20H27NO3. The minimum atomic E-state index is -0.291. The molecule has 0 aromatic heterocycles. The molecule has 0 heterocycles. The Balaban J connectivity index is 1.86. The smallest absolute Gasteiger partial charge is 0.338 e. The van der Waals surface area contributed by atoms with Crippen molar-refractivity contribution in [1.29, 1.82) is 5.26 Å². The molecule has 24 heavy (non-hydrogen) atoms. The third-order valence-corrected chi connectivity index (χ3v) is 4.81. The minimum Gasteiger partial charge on any atom is -0.494 e. The number of nitriles is 1. The molecule has 0 amide bonds. The number of benzene rings is 1. The van der Waals surface area contributed by atoms with E-state index < -0.39 is 0 Å². The maximum Gasteiger partial charge on any atom is 0.338 e. The Morgan fingerprint density at radius 3 is 2.46 bits per heavy atom. The third kappa shape index (κ3) is 4.74. The summed E-state index contributed by atoms with van der Waals surface area (Å²) in [6.07, 6.45) is 6.28. The van der Waals surface area contributed by atoms with Crippen LogP contribution in [0.3, 0.4) is 0 Å². The summed E-state index contributed by atoms with van der Waals surface area (Å²) in [5.74, 6) is 0.461. The first-order valence-electron chi connectivity index (χ1n) is 8.97. The number of hydrogen-bond donors (Lipinski definition) is 0. The van der Waals surface area contributed by atoms with Crippen LogP contribution in [-0.2, 0) is 4.74 Å². The average molecular weight is 329 g/mol. The van der Waals surface area contributed by atoms with Gasteiger partial charge in [-0.05, 0) is 63.3 Å². The summed E-state index contributed by atoms with van der Waals surface area (Å²) in [4.78, 5) is 12.3. The van der Waals surface area contributed by atoms with Crippen LogP contribution in [0.25, 0.3) is 0 Å². The molecule has 0 saturated heterocycles. The summed E-state index contributed by atoms with van der Waals surface area (Å²) < 4.78 is 11.0. The van der Waals surface area contributed by atoms with Gasteiger partial charge < -0.3 is 9.47 Å². The van der Waals surface area contributed by atoms with Crippen molar-refractivity contribution in [3.8, 4) is 11.8 Å². The van der Waals surface area contributed by atoms with Crippen molar-refractivity contribution in [2.24, 2.45) is 5.41 Å². The number of rotatable bonds is 7. The van der Waals surface area contributed by atoms with Crippen LogP contribution < -0.4 is 4.74 Å². The van der Waals surface area contributed by atoms with Gasteiger partial charge in [0.2, 0.25) is 0 Å². The lowest BCUT2D eigenvalue weighted by Gasteiger charge is -2.34. The highest BCUT2D eigenvalue weighted by Crippen LogP contribution is 2.41. The molecule has 1 aliphatic rings. The van der Waals surface area contributed by atoms with Crippen LogP contribution in [0.5, 0.6) is 5.75 Å². The van der Waals surface area contributed by atoms with Crippen LogP contribution in [0.4, 0.5) is 0 Å². The molecule has 1 aromatic carbocycles. The minimum absolute atomic E-state index is 0.0767. The maximum atomic E-state index is 12.3. The van der Waals surface area contributed by atoms with Gasteiger partial charge in [0.25, 0.3) is 0 Å². The summed E-state index contributed by atoms with van der Waals surface area (Å²) in [6.45, 7) is 4.67. The summed E-state index contributed by atoms with van der Waals surface area (Å²) in [6, 6.07) is 9.56. The van der Waals surface area contributed by atoms with Crippen LogP contribution in [0.15, 0.2) is 24.3 Å². The predicted octanol–water partition coefficient (Wildman–Crippen LogP) is 4.88. The summed E-state index contributed by atoms with van der Waals surface area (Å²) in [7, 11) is 0. The summed E-state index contributed by atoms with van der Waals surface area (Å²) in [5, 5.41) is 9.51. The molecule has 1 saturated carbocycles. The van der Waals surface area contributed by atoms with E-state index in [-0.39, 0.29) is 17.5 Å². The fourth-order valence-corrected chi connectivity index (χ4v) is 3.27. The van der Waals surface area contributed by atoms with Gasteiger partial charge in [-0.25, -0.2) is 4.79 Å². The van der Waals surface area contributed by atoms with Crippen molar-refractivity contribution in [2.45, 2.75) is 64.9 Å². The number of ether oxygens (including phenoxy) is 2. The van der Waals surface area contributed by atoms with Gasteiger partial charge in [0.05, 0.1) is 23.7 Å². The van der Waals surface area contributed by atoms with E-state index >= 15 is 0 Å². The van der Waals surface area contributed by atoms with E-state index in [1.54, 1.807) is 24.3 Å². The quantitative estimate of drug-likeness (QED) is 0.669. The van der Waals surface area contributed by atoms with Gasteiger partial charge in [0, 0.05) is 0 Å². The van der Waals surface area contributed by atoms with E-state index in [2.05, 4.69) is 13.0 Å². The fraction of sp³-hybridized carbons (Fsp3) is 0.600. The molecule has 0 atom stereocenters. The van der Waals surface area contributed by atoms with Crippen LogP contribution in [0.2, 0.25) is 0 Å². The molecule has 130 valence electrons. The average Bonchev–Trinajstić information content (AvgIpc) is 2.62. The van der Waals surface area contributed by atoms with Crippen molar-refractivity contribution in [2.75, 3.05) is 6.61 Å². The maximum absolute atomic E-state index is 12.3. The molecule has 4 heteroatoms. The van der Waals surface area contributed by atoms with Crippen LogP contribution >= 0.6 is 0 Å². The van der Waals surface area contributed by atoms with Crippen molar-refractivity contribution >= 4 is 5.97 Å². The second kappa shape index (κ2) is 8.73. The van der Waals surface area contributed by atoms with Gasteiger partial charge in [-0.1, -0.05) is 19.8 Å². The molecule has 2 rings (SSSR count). The molecule has 1 aromatic rings. The number of nitrogens with zero attached hydrogens (tertiary/aromatic N) is 1. The van der Waals surface area contributed by atoms with E-state index in [1.807, 2.05) is 6.92 Å². The van der Waals surface area contributed by atoms with E-state index in [4.69, 9.17) is 9.47 Å². The first-order valence-corrected chi connectivity index (χ1v) is 8.97. The first kappa shape index (κ1) is 18.3. The zero-order chi connectivity index (χ0) is 17.4. The Kier molecular flexibility index (Phi) is 6.66. The Bertz CT molecular complexity index is 566. The lowest BCUT2D eigenvalue weighted by Crippen LogP contribution is -2.31. The lowest BCUT2D eigenvalue weighted by molar-refractivity contribution is 0.0105. The van der Waals surface area contributed by atoms with Gasteiger partial charge in [-0.3, -0.25) is 0 Å².